The number of nitrogens with zero attached hydrogens (tertiary/aromatic N) is 2. The Morgan fingerprint density at radius 1 is 1.20 bits per heavy atom. The highest BCUT2D eigenvalue weighted by Gasteiger charge is 2.18. The predicted molar refractivity (Wildman–Crippen MR) is 118 cm³/mol. The fourth-order valence-electron chi connectivity index (χ4n) is 3.84. The molecule has 3 aromatic rings. The van der Waals surface area contributed by atoms with Crippen LogP contribution in [0, 0.1) is 6.92 Å². The third-order valence-corrected chi connectivity index (χ3v) is 5.86. The summed E-state index contributed by atoms with van der Waals surface area (Å²) in [6.45, 7) is 3.04. The molecule has 2 aromatic carbocycles. The molecule has 0 saturated heterocycles. The lowest BCUT2D eigenvalue weighted by atomic mass is 10.1. The maximum Gasteiger partial charge on any atom is 0.251 e. The van der Waals surface area contributed by atoms with Crippen molar-refractivity contribution < 1.29 is 9.53 Å². The van der Waals surface area contributed by atoms with E-state index >= 15 is 0 Å². The first kappa shape index (κ1) is 20.5. The Hall–Kier alpha value is -2.79. The van der Waals surface area contributed by atoms with Gasteiger partial charge in [-0.3, -0.25) is 4.79 Å². The highest BCUT2D eigenvalue weighted by molar-refractivity contribution is 6.31. The second-order valence-corrected chi connectivity index (χ2v) is 8.30. The highest BCUT2D eigenvalue weighted by atomic mass is 35.5. The molecule has 156 valence electrons. The monoisotopic (exact) mass is 423 g/mol. The molecule has 1 saturated carbocycles. The van der Waals surface area contributed by atoms with Crippen molar-refractivity contribution in [1.82, 2.24) is 14.9 Å². The van der Waals surface area contributed by atoms with Crippen molar-refractivity contribution in [3.8, 4) is 5.75 Å². The zero-order valence-electron chi connectivity index (χ0n) is 17.1. The van der Waals surface area contributed by atoms with Gasteiger partial charge in [-0.1, -0.05) is 23.7 Å². The standard InChI is InChI=1S/C24H26ClN3O2/c1-17-10-18(6-7-23(17)25)14-27-24(29)20-11-19(15-28-9-8-26-16-28)12-22(13-20)30-21-4-2-3-5-21/h6-13,16,21H,2-5,14-15H2,1H3,(H,27,29). The van der Waals surface area contributed by atoms with E-state index in [1.807, 2.05) is 54.1 Å². The molecule has 0 aliphatic heterocycles. The molecule has 0 bridgehead atoms. The van der Waals surface area contributed by atoms with Crippen molar-refractivity contribution in [3.05, 3.63) is 82.4 Å². The number of ether oxygens (including phenoxy) is 1. The maximum absolute atomic E-state index is 12.9. The number of amides is 1. The van der Waals surface area contributed by atoms with Crippen LogP contribution in [0.1, 0.15) is 52.7 Å². The number of carbonyl (C=O) groups excluding carboxylic acids is 1. The van der Waals surface area contributed by atoms with Gasteiger partial charge in [0.1, 0.15) is 5.75 Å². The van der Waals surface area contributed by atoms with Crippen molar-refractivity contribution in [3.63, 3.8) is 0 Å². The number of imidazole rings is 1. The van der Waals surface area contributed by atoms with E-state index in [1.165, 1.54) is 12.8 Å². The van der Waals surface area contributed by atoms with Gasteiger partial charge in [0, 0.05) is 36.1 Å². The van der Waals surface area contributed by atoms with Crippen LogP contribution in [0.2, 0.25) is 5.02 Å². The Balaban J connectivity index is 1.51. The molecule has 30 heavy (non-hydrogen) atoms. The van der Waals surface area contributed by atoms with Crippen molar-refractivity contribution in [2.75, 3.05) is 0 Å². The Morgan fingerprint density at radius 2 is 2.03 bits per heavy atom. The van der Waals surface area contributed by atoms with Crippen LogP contribution in [0.3, 0.4) is 0 Å². The van der Waals surface area contributed by atoms with Gasteiger partial charge in [-0.2, -0.15) is 0 Å². The SMILES string of the molecule is Cc1cc(CNC(=O)c2cc(Cn3ccnc3)cc(OC3CCCC3)c2)ccc1Cl. The van der Waals surface area contributed by atoms with Crippen molar-refractivity contribution >= 4 is 17.5 Å². The van der Waals surface area contributed by atoms with E-state index in [0.717, 1.165) is 40.3 Å². The van der Waals surface area contributed by atoms with Gasteiger partial charge in [0.05, 0.1) is 12.4 Å². The van der Waals surface area contributed by atoms with Crippen LogP contribution in [0.15, 0.2) is 55.1 Å². The number of rotatable bonds is 7. The number of hydrogen-bond acceptors (Lipinski definition) is 3. The smallest absolute Gasteiger partial charge is 0.251 e. The van der Waals surface area contributed by atoms with E-state index in [4.69, 9.17) is 16.3 Å². The number of benzene rings is 2. The molecule has 1 aliphatic rings. The van der Waals surface area contributed by atoms with Crippen LogP contribution in [0.5, 0.6) is 5.75 Å². The zero-order valence-corrected chi connectivity index (χ0v) is 17.9. The predicted octanol–water partition coefficient (Wildman–Crippen LogP) is 5.14. The molecule has 6 heteroatoms. The van der Waals surface area contributed by atoms with E-state index in [2.05, 4.69) is 10.3 Å². The Kier molecular flexibility index (Phi) is 6.38. The van der Waals surface area contributed by atoms with Crippen LogP contribution in [0.25, 0.3) is 0 Å². The van der Waals surface area contributed by atoms with Crippen molar-refractivity contribution in [2.24, 2.45) is 0 Å². The summed E-state index contributed by atoms with van der Waals surface area (Å²) in [5.41, 5.74) is 3.63. The fourth-order valence-corrected chi connectivity index (χ4v) is 3.96. The normalized spacial score (nSPS) is 14.1. The first-order chi connectivity index (χ1) is 14.6. The summed E-state index contributed by atoms with van der Waals surface area (Å²) >= 11 is 6.09. The summed E-state index contributed by atoms with van der Waals surface area (Å²) < 4.78 is 8.18. The molecule has 0 spiro atoms. The van der Waals surface area contributed by atoms with Crippen LogP contribution in [-0.4, -0.2) is 21.6 Å². The summed E-state index contributed by atoms with van der Waals surface area (Å²) in [6, 6.07) is 11.6. The highest BCUT2D eigenvalue weighted by Crippen LogP contribution is 2.26. The summed E-state index contributed by atoms with van der Waals surface area (Å²) in [5.74, 6) is 0.637. The first-order valence-corrected chi connectivity index (χ1v) is 10.7. The van der Waals surface area contributed by atoms with Gasteiger partial charge in [0.15, 0.2) is 0 Å². The molecule has 1 aromatic heterocycles. The third kappa shape index (κ3) is 5.22. The summed E-state index contributed by atoms with van der Waals surface area (Å²) in [4.78, 5) is 17.0. The average Bonchev–Trinajstić information content (AvgIpc) is 3.43. The van der Waals surface area contributed by atoms with Gasteiger partial charge < -0.3 is 14.6 Å². The molecule has 1 aliphatic carbocycles. The van der Waals surface area contributed by atoms with Crippen LogP contribution >= 0.6 is 11.6 Å². The Bertz CT molecular complexity index is 1010. The van der Waals surface area contributed by atoms with E-state index in [-0.39, 0.29) is 12.0 Å². The third-order valence-electron chi connectivity index (χ3n) is 5.43. The van der Waals surface area contributed by atoms with E-state index in [9.17, 15) is 4.79 Å². The topological polar surface area (TPSA) is 56.2 Å². The molecule has 1 fully saturated rings. The number of nitrogens with one attached hydrogen (secondary N) is 1. The van der Waals surface area contributed by atoms with Gasteiger partial charge in [0.25, 0.3) is 5.91 Å². The molecule has 1 N–H and O–H groups in total. The summed E-state index contributed by atoms with van der Waals surface area (Å²) in [5, 5.41) is 3.74. The summed E-state index contributed by atoms with van der Waals surface area (Å²) in [7, 11) is 0. The number of halogens is 1. The maximum atomic E-state index is 12.9. The minimum atomic E-state index is -0.119. The lowest BCUT2D eigenvalue weighted by Gasteiger charge is -2.16. The Labute approximate surface area is 182 Å². The molecular weight excluding hydrogens is 398 g/mol. The van der Waals surface area contributed by atoms with Crippen molar-refractivity contribution in [2.45, 2.75) is 51.8 Å². The molecule has 1 amide bonds. The van der Waals surface area contributed by atoms with E-state index in [1.54, 1.807) is 12.5 Å². The molecule has 5 nitrogen and oxygen atoms in total. The molecule has 1 heterocycles. The summed E-state index contributed by atoms with van der Waals surface area (Å²) in [6.07, 6.45) is 10.2. The molecular formula is C24H26ClN3O2. The van der Waals surface area contributed by atoms with Gasteiger partial charge in [-0.25, -0.2) is 4.98 Å². The largest absolute Gasteiger partial charge is 0.490 e. The lowest BCUT2D eigenvalue weighted by Crippen LogP contribution is -2.23. The first-order valence-electron chi connectivity index (χ1n) is 10.4. The second-order valence-electron chi connectivity index (χ2n) is 7.89. The number of aryl methyl sites for hydroxylation is 1. The van der Waals surface area contributed by atoms with Gasteiger partial charge in [0.2, 0.25) is 0 Å². The number of aromatic nitrogens is 2. The van der Waals surface area contributed by atoms with Crippen LogP contribution in [-0.2, 0) is 13.1 Å². The van der Waals surface area contributed by atoms with Gasteiger partial charge in [-0.05, 0) is 73.6 Å². The number of carbonyl (C=O) groups is 1. The van der Waals surface area contributed by atoms with Crippen molar-refractivity contribution in [1.29, 1.82) is 0 Å². The quantitative estimate of drug-likeness (QED) is 0.572. The zero-order chi connectivity index (χ0) is 20.9. The second kappa shape index (κ2) is 9.35. The molecule has 0 unspecified atom stereocenters. The molecule has 0 radical (unpaired) electrons. The average molecular weight is 424 g/mol. The Morgan fingerprint density at radius 3 is 2.77 bits per heavy atom. The van der Waals surface area contributed by atoms with E-state index < -0.39 is 0 Å². The van der Waals surface area contributed by atoms with Crippen LogP contribution in [0.4, 0.5) is 0 Å². The van der Waals surface area contributed by atoms with Gasteiger partial charge >= 0.3 is 0 Å². The van der Waals surface area contributed by atoms with E-state index in [0.29, 0.717) is 18.7 Å². The lowest BCUT2D eigenvalue weighted by molar-refractivity contribution is 0.0950. The molecule has 0 atom stereocenters. The van der Waals surface area contributed by atoms with Crippen LogP contribution < -0.4 is 10.1 Å². The fraction of sp³-hybridized carbons (Fsp3) is 0.333. The van der Waals surface area contributed by atoms with Gasteiger partial charge in [-0.15, -0.1) is 0 Å². The molecule has 4 rings (SSSR count). The minimum Gasteiger partial charge on any atom is -0.490 e. The minimum absolute atomic E-state index is 0.119. The number of hydrogen-bond donors (Lipinski definition) is 1.